The summed E-state index contributed by atoms with van der Waals surface area (Å²) in [7, 11) is -3.89. The Kier molecular flexibility index (Phi) is 7.12. The molecule has 1 heterocycles. The molecule has 1 saturated heterocycles. The highest BCUT2D eigenvalue weighted by molar-refractivity contribution is 7.92. The highest BCUT2D eigenvalue weighted by Crippen LogP contribution is 2.31. The van der Waals surface area contributed by atoms with Crippen LogP contribution in [0.3, 0.4) is 0 Å². The van der Waals surface area contributed by atoms with Crippen LogP contribution in [0, 0.1) is 17.8 Å². The van der Waals surface area contributed by atoms with Crippen LogP contribution in [-0.2, 0) is 24.1 Å². The molecule has 3 rings (SSSR count). The fourth-order valence-corrected chi connectivity index (χ4v) is 4.64. The molecule has 1 aromatic carbocycles. The van der Waals surface area contributed by atoms with Gasteiger partial charge in [-0.2, -0.15) is 0 Å². The number of cyclic esters (lactones) is 1. The van der Waals surface area contributed by atoms with Gasteiger partial charge >= 0.3 is 6.09 Å². The second kappa shape index (κ2) is 9.48. The fraction of sp³-hybridized carbons (Fsp3) is 0.545. The normalized spacial score (nSPS) is 24.6. The van der Waals surface area contributed by atoms with Crippen LogP contribution < -0.4 is 10.4 Å². The van der Waals surface area contributed by atoms with Crippen LogP contribution in [0.5, 0.6) is 0 Å². The molecule has 1 aliphatic carbocycles. The van der Waals surface area contributed by atoms with E-state index in [1.54, 1.807) is 12.1 Å². The van der Waals surface area contributed by atoms with Crippen molar-refractivity contribution in [1.82, 2.24) is 5.48 Å². The lowest BCUT2D eigenvalue weighted by Crippen LogP contribution is -2.51. The van der Waals surface area contributed by atoms with E-state index in [9.17, 15) is 18.0 Å². The van der Waals surface area contributed by atoms with E-state index in [1.165, 1.54) is 17.3 Å². The molecular formula is C22H28N2O7S. The van der Waals surface area contributed by atoms with Crippen molar-refractivity contribution in [2.24, 2.45) is 5.92 Å². The second-order valence-electron chi connectivity index (χ2n) is 8.33. The van der Waals surface area contributed by atoms with Crippen molar-refractivity contribution < 1.29 is 32.7 Å². The number of carbonyl (C=O) groups is 2. The van der Waals surface area contributed by atoms with Gasteiger partial charge in [-0.25, -0.2) is 18.7 Å². The number of benzene rings is 1. The van der Waals surface area contributed by atoms with Gasteiger partial charge in [0, 0.05) is 36.5 Å². The van der Waals surface area contributed by atoms with Crippen molar-refractivity contribution in [3.05, 3.63) is 29.8 Å². The molecule has 32 heavy (non-hydrogen) atoms. The first-order chi connectivity index (χ1) is 15.1. The quantitative estimate of drug-likeness (QED) is 0.359. The average Bonchev–Trinajstić information content (AvgIpc) is 3.08. The maximum atomic E-state index is 12.4. The molecule has 2 amide bonds. The number of anilines is 1. The highest BCUT2D eigenvalue weighted by Gasteiger charge is 2.48. The number of nitrogens with zero attached hydrogens (tertiary/aromatic N) is 1. The van der Waals surface area contributed by atoms with E-state index in [2.05, 4.69) is 11.8 Å². The Hall–Kier alpha value is -2.61. The lowest BCUT2D eigenvalue weighted by molar-refractivity contribution is -0.132. The molecule has 2 N–H and O–H groups in total. The van der Waals surface area contributed by atoms with Gasteiger partial charge in [0.1, 0.15) is 6.10 Å². The van der Waals surface area contributed by atoms with Gasteiger partial charge in [-0.1, -0.05) is 11.8 Å². The van der Waals surface area contributed by atoms with Crippen molar-refractivity contribution in [1.29, 1.82) is 0 Å². The third kappa shape index (κ3) is 5.06. The predicted octanol–water partition coefficient (Wildman–Crippen LogP) is 1.88. The number of nitrogens with one attached hydrogen (secondary N) is 1. The summed E-state index contributed by atoms with van der Waals surface area (Å²) in [5, 5.41) is 8.95. The van der Waals surface area contributed by atoms with E-state index in [4.69, 9.17) is 14.7 Å². The summed E-state index contributed by atoms with van der Waals surface area (Å²) in [6, 6.07) is 7.10. The molecule has 0 bridgehead atoms. The third-order valence-electron chi connectivity index (χ3n) is 5.99. The zero-order valence-corrected chi connectivity index (χ0v) is 19.1. The minimum atomic E-state index is -3.89. The van der Waals surface area contributed by atoms with Gasteiger partial charge < -0.3 is 9.47 Å². The molecule has 0 spiro atoms. The molecule has 174 valence electrons. The van der Waals surface area contributed by atoms with Crippen LogP contribution in [0.2, 0.25) is 0 Å². The Morgan fingerprint density at radius 1 is 1.34 bits per heavy atom. The number of carbonyl (C=O) groups excluding carboxylic acids is 2. The Morgan fingerprint density at radius 3 is 2.56 bits per heavy atom. The molecule has 1 aliphatic heterocycles. The fourth-order valence-electron chi connectivity index (χ4n) is 3.77. The molecule has 2 fully saturated rings. The van der Waals surface area contributed by atoms with Crippen LogP contribution in [0.4, 0.5) is 10.5 Å². The molecule has 0 aromatic heterocycles. The van der Waals surface area contributed by atoms with E-state index < -0.39 is 32.7 Å². The minimum absolute atomic E-state index is 0.0779. The van der Waals surface area contributed by atoms with Crippen LogP contribution in [0.25, 0.3) is 0 Å². The van der Waals surface area contributed by atoms with E-state index in [0.29, 0.717) is 24.3 Å². The number of ether oxygens (including phenoxy) is 2. The van der Waals surface area contributed by atoms with Crippen molar-refractivity contribution in [3.8, 4) is 11.8 Å². The molecule has 2 aliphatic rings. The van der Waals surface area contributed by atoms with Crippen LogP contribution >= 0.6 is 0 Å². The van der Waals surface area contributed by atoms with E-state index in [1.807, 2.05) is 19.1 Å². The van der Waals surface area contributed by atoms with Gasteiger partial charge in [-0.3, -0.25) is 14.9 Å². The molecule has 0 unspecified atom stereocenters. The number of hydroxylamine groups is 1. The summed E-state index contributed by atoms with van der Waals surface area (Å²) in [5.74, 6) is 5.63. The number of hydrogen-bond acceptors (Lipinski definition) is 7. The first kappa shape index (κ1) is 24.0. The topological polar surface area (TPSA) is 122 Å². The lowest BCUT2D eigenvalue weighted by Gasteiger charge is -2.31. The van der Waals surface area contributed by atoms with Crippen LogP contribution in [-0.4, -0.2) is 62.0 Å². The Labute approximate surface area is 187 Å². The Balaban J connectivity index is 1.63. The smallest absolute Gasteiger partial charge is 0.414 e. The summed E-state index contributed by atoms with van der Waals surface area (Å²) in [4.78, 5) is 25.7. The van der Waals surface area contributed by atoms with Crippen molar-refractivity contribution in [2.75, 3.05) is 24.3 Å². The number of hydrogen-bond donors (Lipinski definition) is 2. The molecule has 10 heteroatoms. The van der Waals surface area contributed by atoms with Crippen molar-refractivity contribution in [2.45, 2.75) is 50.1 Å². The average molecular weight is 465 g/mol. The van der Waals surface area contributed by atoms with Crippen molar-refractivity contribution in [3.63, 3.8) is 0 Å². The van der Waals surface area contributed by atoms with E-state index in [-0.39, 0.29) is 13.0 Å². The molecule has 0 radical (unpaired) electrons. The minimum Gasteiger partial charge on any atom is -0.444 e. The van der Waals surface area contributed by atoms with Crippen molar-refractivity contribution >= 4 is 27.5 Å². The SMILES string of the molecule is CCOC1CC(C#Cc2ccc(N3C[C@H](C[C@](C)(C(=O)NO)S(C)(=O)=O)OC3=O)cc2)C1. The monoisotopic (exact) mass is 464 g/mol. The maximum Gasteiger partial charge on any atom is 0.414 e. The largest absolute Gasteiger partial charge is 0.444 e. The van der Waals surface area contributed by atoms with Gasteiger partial charge in [-0.15, -0.1) is 0 Å². The molecule has 1 saturated carbocycles. The number of amides is 2. The summed E-state index contributed by atoms with van der Waals surface area (Å²) in [5.41, 5.74) is 2.79. The summed E-state index contributed by atoms with van der Waals surface area (Å²) in [6.07, 6.45) is 1.34. The van der Waals surface area contributed by atoms with Gasteiger partial charge in [0.2, 0.25) is 0 Å². The van der Waals surface area contributed by atoms with E-state index in [0.717, 1.165) is 24.7 Å². The molecule has 9 nitrogen and oxygen atoms in total. The van der Waals surface area contributed by atoms with Crippen LogP contribution in [0.15, 0.2) is 24.3 Å². The standard InChI is InChI=1S/C22H28N2O7S/c1-4-30-18-11-16(12-18)6-5-15-7-9-17(10-8-15)24-14-19(31-21(24)26)13-22(2,20(25)23-27)32(3,28)29/h7-10,16,18-19,27H,4,11-14H2,1-3H3,(H,23,25)/t16?,18?,19-,22+/m0/s1. The van der Waals surface area contributed by atoms with Gasteiger partial charge in [-0.05, 0) is 51.0 Å². The Morgan fingerprint density at radius 2 is 2.00 bits per heavy atom. The zero-order chi connectivity index (χ0) is 23.5. The number of rotatable bonds is 7. The molecule has 1 aromatic rings. The number of sulfone groups is 1. The lowest BCUT2D eigenvalue weighted by atomic mass is 9.82. The molecular weight excluding hydrogens is 436 g/mol. The van der Waals surface area contributed by atoms with Gasteiger partial charge in [0.05, 0.1) is 12.6 Å². The second-order valence-corrected chi connectivity index (χ2v) is 10.8. The highest BCUT2D eigenvalue weighted by atomic mass is 32.2. The maximum absolute atomic E-state index is 12.4. The van der Waals surface area contributed by atoms with Gasteiger partial charge in [0.25, 0.3) is 5.91 Å². The summed E-state index contributed by atoms with van der Waals surface area (Å²) >= 11 is 0. The predicted molar refractivity (Wildman–Crippen MR) is 117 cm³/mol. The van der Waals surface area contributed by atoms with Crippen LogP contribution in [0.1, 0.15) is 38.7 Å². The molecule has 2 atom stereocenters. The third-order valence-corrected chi connectivity index (χ3v) is 7.98. The first-order valence-electron chi connectivity index (χ1n) is 10.4. The summed E-state index contributed by atoms with van der Waals surface area (Å²) < 4.78 is 33.2. The van der Waals surface area contributed by atoms with Gasteiger partial charge in [0.15, 0.2) is 14.6 Å². The first-order valence-corrected chi connectivity index (χ1v) is 12.3. The Bertz CT molecular complexity index is 1020. The zero-order valence-electron chi connectivity index (χ0n) is 18.3. The van der Waals surface area contributed by atoms with E-state index >= 15 is 0 Å². The summed E-state index contributed by atoms with van der Waals surface area (Å²) in [6.45, 7) is 3.97.